The Morgan fingerprint density at radius 1 is 1.10 bits per heavy atom. The van der Waals surface area contributed by atoms with Gasteiger partial charge in [0.1, 0.15) is 12.1 Å². The highest BCUT2D eigenvalue weighted by Gasteiger charge is 2.47. The minimum atomic E-state index is -4.41. The predicted molar refractivity (Wildman–Crippen MR) is 101 cm³/mol. The quantitative estimate of drug-likeness (QED) is 0.602. The van der Waals surface area contributed by atoms with Crippen LogP contribution >= 0.6 is 0 Å². The Labute approximate surface area is 175 Å². The second kappa shape index (κ2) is 8.04. The zero-order valence-corrected chi connectivity index (χ0v) is 16.4. The molecule has 3 N–H and O–H groups in total. The highest BCUT2D eigenvalue weighted by molar-refractivity contribution is 6.24. The fourth-order valence-corrected chi connectivity index (χ4v) is 4.43. The highest BCUT2D eigenvalue weighted by Crippen LogP contribution is 2.31. The zero-order valence-electron chi connectivity index (χ0n) is 16.4. The predicted octanol–water partition coefficient (Wildman–Crippen LogP) is 0.860. The van der Waals surface area contributed by atoms with Crippen LogP contribution in [0.25, 0.3) is 0 Å². The largest absolute Gasteiger partial charge is 0.405 e. The molecule has 2 saturated heterocycles. The number of fused-ring (bicyclic) bond motifs is 1. The molecular weight excluding hydrogens is 417 g/mol. The van der Waals surface area contributed by atoms with E-state index in [2.05, 4.69) is 16.0 Å². The molecule has 0 aliphatic carbocycles. The van der Waals surface area contributed by atoms with Crippen LogP contribution in [0.3, 0.4) is 0 Å². The average Bonchev–Trinajstić information content (AvgIpc) is 2.97. The number of hydrogen-bond donors (Lipinski definition) is 3. The van der Waals surface area contributed by atoms with E-state index in [0.29, 0.717) is 18.4 Å². The molecule has 31 heavy (non-hydrogen) atoms. The third-order valence-corrected chi connectivity index (χ3v) is 5.92. The maximum absolute atomic E-state index is 13.3. The molecule has 2 fully saturated rings. The molecule has 3 aliphatic rings. The summed E-state index contributed by atoms with van der Waals surface area (Å²) in [6.45, 7) is 0.237. The smallest absolute Gasteiger partial charge is 0.308 e. The van der Waals surface area contributed by atoms with Crippen LogP contribution in [0.1, 0.15) is 52.0 Å². The molecule has 4 rings (SSSR count). The normalized spacial score (nSPS) is 26.8. The zero-order chi connectivity index (χ0) is 22.3. The Bertz CT molecular complexity index is 949. The number of nitrogens with one attached hydrogen (secondary N) is 3. The van der Waals surface area contributed by atoms with Gasteiger partial charge < -0.3 is 10.6 Å². The van der Waals surface area contributed by atoms with E-state index in [9.17, 15) is 32.3 Å². The SMILES string of the molecule is O=C1CCC(N2C(=O)c3cccc(CN[C@H]4CCCN[C@H]4C(F)(F)F)c3C2=O)C(=O)N1. The highest BCUT2D eigenvalue weighted by atomic mass is 19.4. The molecule has 0 aromatic heterocycles. The molecule has 3 aliphatic heterocycles. The number of rotatable bonds is 4. The molecule has 3 atom stereocenters. The molecule has 11 heteroatoms. The molecule has 8 nitrogen and oxygen atoms in total. The van der Waals surface area contributed by atoms with Crippen molar-refractivity contribution in [2.24, 2.45) is 0 Å². The molecule has 0 spiro atoms. The first-order valence-corrected chi connectivity index (χ1v) is 10.1. The van der Waals surface area contributed by atoms with Crippen LogP contribution in [-0.4, -0.2) is 59.4 Å². The Balaban J connectivity index is 1.55. The molecular formula is C20H21F3N4O4. The summed E-state index contributed by atoms with van der Waals surface area (Å²) >= 11 is 0. The Kier molecular flexibility index (Phi) is 5.56. The van der Waals surface area contributed by atoms with Gasteiger partial charge in [0.2, 0.25) is 11.8 Å². The van der Waals surface area contributed by atoms with Crippen LogP contribution in [0, 0.1) is 0 Å². The van der Waals surface area contributed by atoms with E-state index in [4.69, 9.17) is 0 Å². The van der Waals surface area contributed by atoms with Gasteiger partial charge >= 0.3 is 6.18 Å². The number of carbonyl (C=O) groups excluding carboxylic acids is 4. The van der Waals surface area contributed by atoms with E-state index < -0.39 is 47.9 Å². The molecule has 3 heterocycles. The second-order valence-electron chi connectivity index (χ2n) is 7.89. The summed E-state index contributed by atoms with van der Waals surface area (Å²) in [5, 5.41) is 7.49. The van der Waals surface area contributed by atoms with Crippen molar-refractivity contribution in [3.63, 3.8) is 0 Å². The number of benzene rings is 1. The first-order chi connectivity index (χ1) is 14.7. The number of imide groups is 2. The number of amides is 4. The molecule has 4 amide bonds. The lowest BCUT2D eigenvalue weighted by Gasteiger charge is -2.34. The lowest BCUT2D eigenvalue weighted by molar-refractivity contribution is -0.166. The Hall–Kier alpha value is -2.79. The van der Waals surface area contributed by atoms with Crippen LogP contribution in [0.15, 0.2) is 18.2 Å². The van der Waals surface area contributed by atoms with Crippen LogP contribution in [0.5, 0.6) is 0 Å². The number of halogens is 3. The van der Waals surface area contributed by atoms with Gasteiger partial charge in [-0.05, 0) is 37.4 Å². The van der Waals surface area contributed by atoms with Crippen LogP contribution in [0.4, 0.5) is 13.2 Å². The van der Waals surface area contributed by atoms with Crippen molar-refractivity contribution >= 4 is 23.6 Å². The van der Waals surface area contributed by atoms with Gasteiger partial charge in [-0.2, -0.15) is 13.2 Å². The molecule has 1 aromatic carbocycles. The number of piperidine rings is 2. The third-order valence-electron chi connectivity index (χ3n) is 5.92. The van der Waals surface area contributed by atoms with Crippen molar-refractivity contribution in [1.29, 1.82) is 0 Å². The van der Waals surface area contributed by atoms with Crippen LogP contribution in [0.2, 0.25) is 0 Å². The minimum absolute atomic E-state index is 0.00569. The fraction of sp³-hybridized carbons (Fsp3) is 0.500. The van der Waals surface area contributed by atoms with Gasteiger partial charge in [-0.1, -0.05) is 12.1 Å². The van der Waals surface area contributed by atoms with E-state index in [-0.39, 0.29) is 37.1 Å². The Morgan fingerprint density at radius 3 is 2.58 bits per heavy atom. The summed E-state index contributed by atoms with van der Waals surface area (Å²) in [7, 11) is 0. The first-order valence-electron chi connectivity index (χ1n) is 10.1. The average molecular weight is 438 g/mol. The fourth-order valence-electron chi connectivity index (χ4n) is 4.43. The first kappa shape index (κ1) is 21.4. The summed E-state index contributed by atoms with van der Waals surface area (Å²) in [6, 6.07) is 0.909. The summed E-state index contributed by atoms with van der Waals surface area (Å²) < 4.78 is 39.9. The van der Waals surface area contributed by atoms with Crippen molar-refractivity contribution in [3.05, 3.63) is 34.9 Å². The van der Waals surface area contributed by atoms with Gasteiger partial charge in [0.15, 0.2) is 0 Å². The summed E-state index contributed by atoms with van der Waals surface area (Å²) in [4.78, 5) is 50.3. The van der Waals surface area contributed by atoms with E-state index in [1.54, 1.807) is 12.1 Å². The van der Waals surface area contributed by atoms with Crippen LogP contribution < -0.4 is 16.0 Å². The van der Waals surface area contributed by atoms with Crippen molar-refractivity contribution in [1.82, 2.24) is 20.9 Å². The standard InChI is InChI=1S/C20H21F3N4O4/c21-20(22,23)16-12(5-2-8-24-16)25-9-10-3-1-4-11-15(10)19(31)27(18(11)30)13-6-7-14(28)26-17(13)29/h1,3-4,12-13,16,24-25H,2,5-9H2,(H,26,28,29)/t12-,13?,16+/m0/s1. The van der Waals surface area contributed by atoms with Crippen LogP contribution in [-0.2, 0) is 16.1 Å². The number of alkyl halides is 3. The molecule has 0 saturated carbocycles. The van der Waals surface area contributed by atoms with Gasteiger partial charge in [-0.15, -0.1) is 0 Å². The second-order valence-corrected chi connectivity index (χ2v) is 7.89. The molecule has 1 aromatic rings. The van der Waals surface area contributed by atoms with Gasteiger partial charge in [-0.25, -0.2) is 0 Å². The third kappa shape index (κ3) is 3.94. The van der Waals surface area contributed by atoms with Crippen molar-refractivity contribution in [3.8, 4) is 0 Å². The Morgan fingerprint density at radius 2 is 1.87 bits per heavy atom. The molecule has 0 bridgehead atoms. The maximum atomic E-state index is 13.3. The molecule has 1 unspecified atom stereocenters. The summed E-state index contributed by atoms with van der Waals surface area (Å²) in [5.41, 5.74) is 0.567. The van der Waals surface area contributed by atoms with Gasteiger partial charge in [0.05, 0.1) is 11.1 Å². The van der Waals surface area contributed by atoms with E-state index >= 15 is 0 Å². The lowest BCUT2D eigenvalue weighted by Crippen LogP contribution is -2.58. The molecule has 166 valence electrons. The van der Waals surface area contributed by atoms with Gasteiger partial charge in [0, 0.05) is 19.0 Å². The summed E-state index contributed by atoms with van der Waals surface area (Å²) in [5.74, 6) is -2.51. The van der Waals surface area contributed by atoms with Gasteiger partial charge in [0.25, 0.3) is 11.8 Å². The topological polar surface area (TPSA) is 108 Å². The van der Waals surface area contributed by atoms with E-state index in [1.165, 1.54) is 6.07 Å². The van der Waals surface area contributed by atoms with Crippen molar-refractivity contribution < 1.29 is 32.3 Å². The maximum Gasteiger partial charge on any atom is 0.405 e. The number of nitrogens with zero attached hydrogens (tertiary/aromatic N) is 1. The van der Waals surface area contributed by atoms with Gasteiger partial charge in [-0.3, -0.25) is 29.4 Å². The van der Waals surface area contributed by atoms with Crippen molar-refractivity contribution in [2.75, 3.05) is 6.54 Å². The number of carbonyl (C=O) groups is 4. The molecule has 0 radical (unpaired) electrons. The van der Waals surface area contributed by atoms with E-state index in [0.717, 1.165) is 4.90 Å². The lowest BCUT2D eigenvalue weighted by atomic mass is 9.96. The number of hydrogen-bond acceptors (Lipinski definition) is 6. The minimum Gasteiger partial charge on any atom is -0.308 e. The summed E-state index contributed by atoms with van der Waals surface area (Å²) in [6.07, 6.45) is -3.47. The van der Waals surface area contributed by atoms with Crippen molar-refractivity contribution in [2.45, 2.75) is 56.5 Å². The van der Waals surface area contributed by atoms with E-state index in [1.807, 2.05) is 0 Å². The monoisotopic (exact) mass is 438 g/mol.